The minimum atomic E-state index is -4.93. The molecule has 0 aliphatic carbocycles. The highest BCUT2D eigenvalue weighted by Gasteiger charge is 2.30. The molecular weight excluding hydrogens is 392 g/mol. The minimum absolute atomic E-state index is 0.0323. The minimum Gasteiger partial charge on any atom is -0.424 e. The van der Waals surface area contributed by atoms with Gasteiger partial charge in [-0.3, -0.25) is 4.79 Å². The molecule has 0 fully saturated rings. The molecule has 0 spiro atoms. The van der Waals surface area contributed by atoms with E-state index in [0.717, 1.165) is 12.1 Å². The van der Waals surface area contributed by atoms with E-state index in [1.54, 1.807) is 24.3 Å². The van der Waals surface area contributed by atoms with Crippen LogP contribution < -0.4 is 10.1 Å². The van der Waals surface area contributed by atoms with Gasteiger partial charge in [0.1, 0.15) is 5.75 Å². The first kappa shape index (κ1) is 19.4. The average molecular weight is 405 g/mol. The molecule has 28 heavy (non-hydrogen) atoms. The van der Waals surface area contributed by atoms with Crippen molar-refractivity contribution >= 4 is 21.4 Å². The van der Waals surface area contributed by atoms with Gasteiger partial charge in [0, 0.05) is 0 Å². The van der Waals surface area contributed by atoms with Crippen LogP contribution in [0, 0.1) is 0 Å². The van der Waals surface area contributed by atoms with Crippen molar-refractivity contribution in [3.8, 4) is 11.8 Å². The van der Waals surface area contributed by atoms with E-state index in [9.17, 15) is 22.0 Å². The molecule has 0 bridgehead atoms. The molecule has 3 rings (SSSR count). The van der Waals surface area contributed by atoms with Crippen molar-refractivity contribution in [3.05, 3.63) is 72.6 Å². The molecular formula is C18H13F2N3O4S. The van der Waals surface area contributed by atoms with E-state index in [1.165, 1.54) is 24.5 Å². The number of carbonyl (C=O) groups excluding carboxylic acids is 1. The van der Waals surface area contributed by atoms with Gasteiger partial charge in [0.15, 0.2) is 0 Å². The summed E-state index contributed by atoms with van der Waals surface area (Å²) in [4.78, 5) is 19.5. The second-order valence-corrected chi connectivity index (χ2v) is 7.31. The molecule has 0 saturated carbocycles. The average Bonchev–Trinajstić information content (AvgIpc) is 2.70. The Balaban J connectivity index is 1.77. The highest BCUT2D eigenvalue weighted by Crippen LogP contribution is 2.23. The maximum atomic E-state index is 12.8. The van der Waals surface area contributed by atoms with Crippen LogP contribution in [0.3, 0.4) is 0 Å². The number of halogens is 2. The third-order valence-electron chi connectivity index (χ3n) is 3.51. The van der Waals surface area contributed by atoms with Gasteiger partial charge in [-0.05, 0) is 24.3 Å². The number of anilines is 1. The smallest absolute Gasteiger partial charge is 0.341 e. The predicted molar refractivity (Wildman–Crippen MR) is 96.1 cm³/mol. The van der Waals surface area contributed by atoms with Crippen molar-refractivity contribution < 1.29 is 26.7 Å². The number of nitrogens with zero attached hydrogens (tertiary/aromatic N) is 2. The predicted octanol–water partition coefficient (Wildman–Crippen LogP) is 3.52. The maximum Gasteiger partial charge on any atom is 0.341 e. The number of para-hydroxylation sites is 1. The second-order valence-electron chi connectivity index (χ2n) is 5.43. The summed E-state index contributed by atoms with van der Waals surface area (Å²) in [5.74, 6) is -4.01. The van der Waals surface area contributed by atoms with Gasteiger partial charge in [0.05, 0.1) is 28.5 Å². The van der Waals surface area contributed by atoms with Gasteiger partial charge in [0.25, 0.3) is 5.91 Å². The summed E-state index contributed by atoms with van der Waals surface area (Å²) in [5, 5.41) is 2.37. The zero-order valence-electron chi connectivity index (χ0n) is 14.1. The SMILES string of the molecule is O=C(Nc1cnc(Oc2ccccc2)nc1)c1ccccc1S(=O)(=O)C(F)F. The quantitative estimate of drug-likeness (QED) is 0.674. The van der Waals surface area contributed by atoms with Crippen LogP contribution in [-0.4, -0.2) is 30.1 Å². The molecule has 0 aliphatic rings. The molecule has 1 aromatic heterocycles. The first-order valence-corrected chi connectivity index (χ1v) is 9.40. The van der Waals surface area contributed by atoms with Gasteiger partial charge in [-0.1, -0.05) is 30.3 Å². The number of ether oxygens (including phenoxy) is 1. The van der Waals surface area contributed by atoms with Gasteiger partial charge >= 0.3 is 11.8 Å². The summed E-state index contributed by atoms with van der Waals surface area (Å²) < 4.78 is 54.6. The van der Waals surface area contributed by atoms with Crippen LogP contribution in [0.1, 0.15) is 10.4 Å². The van der Waals surface area contributed by atoms with E-state index in [1.807, 2.05) is 6.07 Å². The normalized spacial score (nSPS) is 11.2. The Morgan fingerprint density at radius 1 is 0.964 bits per heavy atom. The Hall–Kier alpha value is -3.40. The monoisotopic (exact) mass is 405 g/mol. The second kappa shape index (κ2) is 8.09. The maximum absolute atomic E-state index is 12.8. The molecule has 10 heteroatoms. The Morgan fingerprint density at radius 3 is 2.21 bits per heavy atom. The largest absolute Gasteiger partial charge is 0.424 e. The van der Waals surface area contributed by atoms with Crippen LogP contribution in [0.5, 0.6) is 11.8 Å². The number of hydrogen-bond acceptors (Lipinski definition) is 6. The van der Waals surface area contributed by atoms with Gasteiger partial charge in [-0.2, -0.15) is 8.78 Å². The first-order chi connectivity index (χ1) is 13.4. The van der Waals surface area contributed by atoms with E-state index in [2.05, 4.69) is 15.3 Å². The lowest BCUT2D eigenvalue weighted by Gasteiger charge is -2.10. The van der Waals surface area contributed by atoms with Crippen LogP contribution in [0.15, 0.2) is 71.9 Å². The number of aromatic nitrogens is 2. The fourth-order valence-corrected chi connectivity index (χ4v) is 3.15. The zero-order valence-corrected chi connectivity index (χ0v) is 14.9. The number of sulfone groups is 1. The highest BCUT2D eigenvalue weighted by atomic mass is 32.2. The Morgan fingerprint density at radius 2 is 1.57 bits per heavy atom. The fourth-order valence-electron chi connectivity index (χ4n) is 2.22. The molecule has 1 amide bonds. The number of amides is 1. The third kappa shape index (κ3) is 4.29. The van der Waals surface area contributed by atoms with Crippen LogP contribution in [-0.2, 0) is 9.84 Å². The lowest BCUT2D eigenvalue weighted by molar-refractivity contribution is 0.102. The van der Waals surface area contributed by atoms with E-state index < -0.39 is 32.0 Å². The van der Waals surface area contributed by atoms with E-state index in [0.29, 0.717) is 5.75 Å². The number of alkyl halides is 2. The van der Waals surface area contributed by atoms with Gasteiger partial charge in [0.2, 0.25) is 9.84 Å². The third-order valence-corrected chi connectivity index (χ3v) is 4.95. The molecule has 2 aromatic carbocycles. The van der Waals surface area contributed by atoms with Gasteiger partial charge in [-0.25, -0.2) is 18.4 Å². The van der Waals surface area contributed by atoms with Crippen LogP contribution in [0.4, 0.5) is 14.5 Å². The van der Waals surface area contributed by atoms with Crippen molar-refractivity contribution in [3.63, 3.8) is 0 Å². The molecule has 7 nitrogen and oxygen atoms in total. The van der Waals surface area contributed by atoms with E-state index in [-0.39, 0.29) is 11.7 Å². The topological polar surface area (TPSA) is 98.2 Å². The van der Waals surface area contributed by atoms with E-state index in [4.69, 9.17) is 4.74 Å². The number of carbonyl (C=O) groups is 1. The van der Waals surface area contributed by atoms with Gasteiger partial charge < -0.3 is 10.1 Å². The molecule has 1 N–H and O–H groups in total. The molecule has 1 heterocycles. The summed E-state index contributed by atoms with van der Waals surface area (Å²) in [5.41, 5.74) is -0.276. The summed E-state index contributed by atoms with van der Waals surface area (Å²) in [6.45, 7) is 0. The summed E-state index contributed by atoms with van der Waals surface area (Å²) in [6.07, 6.45) is 2.49. The lowest BCUT2D eigenvalue weighted by Crippen LogP contribution is -2.19. The number of nitrogens with one attached hydrogen (secondary N) is 1. The van der Waals surface area contributed by atoms with Crippen molar-refractivity contribution in [2.75, 3.05) is 5.32 Å². The summed E-state index contributed by atoms with van der Waals surface area (Å²) >= 11 is 0. The Bertz CT molecular complexity index is 1080. The van der Waals surface area contributed by atoms with Gasteiger partial charge in [-0.15, -0.1) is 0 Å². The van der Waals surface area contributed by atoms with Crippen molar-refractivity contribution in [2.45, 2.75) is 10.7 Å². The molecule has 0 saturated heterocycles. The van der Waals surface area contributed by atoms with Crippen molar-refractivity contribution in [2.24, 2.45) is 0 Å². The number of benzene rings is 2. The fraction of sp³-hybridized carbons (Fsp3) is 0.0556. The standard InChI is InChI=1S/C18H13F2N3O4S/c19-17(20)28(25,26)15-9-5-4-8-14(15)16(24)23-12-10-21-18(22-11-12)27-13-6-2-1-3-7-13/h1-11,17H,(H,23,24). The number of rotatable bonds is 6. The number of hydrogen-bond donors (Lipinski definition) is 1. The molecule has 144 valence electrons. The van der Waals surface area contributed by atoms with E-state index >= 15 is 0 Å². The zero-order chi connectivity index (χ0) is 20.1. The molecule has 0 aliphatic heterocycles. The molecule has 3 aromatic rings. The summed E-state index contributed by atoms with van der Waals surface area (Å²) in [7, 11) is -4.93. The Labute approximate surface area is 158 Å². The molecule has 0 radical (unpaired) electrons. The van der Waals surface area contributed by atoms with Crippen LogP contribution in [0.25, 0.3) is 0 Å². The van der Waals surface area contributed by atoms with Crippen LogP contribution in [0.2, 0.25) is 0 Å². The first-order valence-electron chi connectivity index (χ1n) is 7.85. The van der Waals surface area contributed by atoms with Crippen LogP contribution >= 0.6 is 0 Å². The van der Waals surface area contributed by atoms with Crippen molar-refractivity contribution in [1.82, 2.24) is 9.97 Å². The molecule has 0 atom stereocenters. The lowest BCUT2D eigenvalue weighted by atomic mass is 10.2. The summed E-state index contributed by atoms with van der Waals surface area (Å²) in [6, 6.07) is 13.5. The van der Waals surface area contributed by atoms with Crippen molar-refractivity contribution in [1.29, 1.82) is 0 Å². The molecule has 0 unspecified atom stereocenters. The highest BCUT2D eigenvalue weighted by molar-refractivity contribution is 7.91. The Kier molecular flexibility index (Phi) is 5.59.